The van der Waals surface area contributed by atoms with Gasteiger partial charge in [-0.25, -0.2) is 4.98 Å². The summed E-state index contributed by atoms with van der Waals surface area (Å²) in [6.45, 7) is 1.75. The van der Waals surface area contributed by atoms with E-state index >= 15 is 0 Å². The van der Waals surface area contributed by atoms with Crippen molar-refractivity contribution in [1.29, 1.82) is 0 Å². The zero-order valence-electron chi connectivity index (χ0n) is 16.0. The minimum absolute atomic E-state index is 0.00124. The first-order chi connectivity index (χ1) is 14.3. The number of benzene rings is 2. The van der Waals surface area contributed by atoms with Gasteiger partial charge in [0.05, 0.1) is 12.8 Å². The van der Waals surface area contributed by atoms with Gasteiger partial charge in [-0.3, -0.25) is 0 Å². The molecule has 3 aromatic rings. The number of methoxy groups -OCH3 is 1. The quantitative estimate of drug-likeness (QED) is 0.643. The molecule has 156 valence electrons. The molecule has 0 bridgehead atoms. The van der Waals surface area contributed by atoms with Crippen molar-refractivity contribution in [2.75, 3.05) is 25.0 Å². The van der Waals surface area contributed by atoms with Crippen molar-refractivity contribution in [2.24, 2.45) is 0 Å². The summed E-state index contributed by atoms with van der Waals surface area (Å²) in [4.78, 5) is 7.71. The van der Waals surface area contributed by atoms with E-state index in [-0.39, 0.29) is 24.0 Å². The second-order valence-electron chi connectivity index (χ2n) is 6.53. The number of nitrogen functional groups attached to an aromatic ring is 1. The number of anilines is 3. The Morgan fingerprint density at radius 1 is 1.07 bits per heavy atom. The summed E-state index contributed by atoms with van der Waals surface area (Å²) >= 11 is 0. The van der Waals surface area contributed by atoms with Crippen molar-refractivity contribution in [3.8, 4) is 28.5 Å². The van der Waals surface area contributed by atoms with Crippen LogP contribution in [-0.2, 0) is 6.18 Å². The summed E-state index contributed by atoms with van der Waals surface area (Å²) in [5.41, 5.74) is 5.62. The van der Waals surface area contributed by atoms with Gasteiger partial charge in [0.25, 0.3) is 0 Å². The second-order valence-corrected chi connectivity index (χ2v) is 6.53. The maximum atomic E-state index is 14.1. The molecule has 0 amide bonds. The van der Waals surface area contributed by atoms with E-state index in [0.717, 1.165) is 0 Å². The average Bonchev–Trinajstić information content (AvgIpc) is 3.16. The van der Waals surface area contributed by atoms with Crippen molar-refractivity contribution in [3.05, 3.63) is 47.5 Å². The maximum absolute atomic E-state index is 14.1. The monoisotopic (exact) mass is 418 g/mol. The minimum atomic E-state index is -4.76. The lowest BCUT2D eigenvalue weighted by atomic mass is 10.0. The average molecular weight is 418 g/mol. The van der Waals surface area contributed by atoms with E-state index in [0.29, 0.717) is 28.5 Å². The Balaban J connectivity index is 1.88. The molecule has 0 saturated carbocycles. The molecule has 0 saturated heterocycles. The Morgan fingerprint density at radius 2 is 1.83 bits per heavy atom. The van der Waals surface area contributed by atoms with Gasteiger partial charge in [-0.1, -0.05) is 6.07 Å². The summed E-state index contributed by atoms with van der Waals surface area (Å²) in [7, 11) is 1.47. The van der Waals surface area contributed by atoms with Crippen molar-refractivity contribution >= 4 is 17.5 Å². The van der Waals surface area contributed by atoms with Crippen LogP contribution in [0.1, 0.15) is 11.1 Å². The minimum Gasteiger partial charge on any atom is -0.497 e. The van der Waals surface area contributed by atoms with Crippen molar-refractivity contribution < 1.29 is 27.4 Å². The van der Waals surface area contributed by atoms with E-state index in [1.807, 2.05) is 0 Å². The molecule has 3 N–H and O–H groups in total. The molecule has 1 aromatic heterocycles. The molecule has 1 aliphatic heterocycles. The normalized spacial score (nSPS) is 12.7. The van der Waals surface area contributed by atoms with Gasteiger partial charge < -0.3 is 25.3 Å². The topological polar surface area (TPSA) is 91.5 Å². The van der Waals surface area contributed by atoms with Crippen molar-refractivity contribution in [1.82, 2.24) is 9.97 Å². The van der Waals surface area contributed by atoms with Crippen LogP contribution >= 0.6 is 0 Å². The van der Waals surface area contributed by atoms with Gasteiger partial charge in [-0.2, -0.15) is 18.2 Å². The Hall–Kier alpha value is -3.69. The fourth-order valence-electron chi connectivity index (χ4n) is 3.08. The molecule has 2 aromatic carbocycles. The van der Waals surface area contributed by atoms with Crippen LogP contribution in [0.15, 0.2) is 36.4 Å². The number of hydrogen-bond acceptors (Lipinski definition) is 7. The van der Waals surface area contributed by atoms with Gasteiger partial charge in [0.1, 0.15) is 17.1 Å². The van der Waals surface area contributed by atoms with Gasteiger partial charge in [0.15, 0.2) is 11.5 Å². The Morgan fingerprint density at radius 3 is 2.57 bits per heavy atom. The molecule has 7 nitrogen and oxygen atoms in total. The van der Waals surface area contributed by atoms with Crippen LogP contribution in [0.2, 0.25) is 0 Å². The molecule has 2 heterocycles. The summed E-state index contributed by atoms with van der Waals surface area (Å²) in [6.07, 6.45) is -4.76. The lowest BCUT2D eigenvalue weighted by Crippen LogP contribution is -2.15. The van der Waals surface area contributed by atoms with Crippen molar-refractivity contribution in [3.63, 3.8) is 0 Å². The van der Waals surface area contributed by atoms with Crippen LogP contribution in [0.5, 0.6) is 17.2 Å². The first-order valence-corrected chi connectivity index (χ1v) is 8.82. The molecule has 4 rings (SSSR count). The highest BCUT2D eigenvalue weighted by Gasteiger charge is 2.39. The van der Waals surface area contributed by atoms with Crippen LogP contribution in [0.3, 0.4) is 0 Å². The molecular formula is C20H17F3N4O3. The number of fused-ring (bicyclic) bond motifs is 1. The number of ether oxygens (including phenoxy) is 3. The van der Waals surface area contributed by atoms with Crippen LogP contribution < -0.4 is 25.3 Å². The van der Waals surface area contributed by atoms with Crippen LogP contribution in [0.4, 0.5) is 30.6 Å². The second kappa shape index (κ2) is 7.29. The molecule has 10 heteroatoms. The third-order valence-electron chi connectivity index (χ3n) is 4.55. The van der Waals surface area contributed by atoms with Crippen LogP contribution in [-0.4, -0.2) is 23.9 Å². The highest BCUT2D eigenvalue weighted by Crippen LogP contribution is 2.44. The zero-order valence-corrected chi connectivity index (χ0v) is 16.0. The predicted molar refractivity (Wildman–Crippen MR) is 104 cm³/mol. The number of aromatic nitrogens is 2. The van der Waals surface area contributed by atoms with E-state index in [1.165, 1.54) is 25.3 Å². The number of nitrogens with one attached hydrogen (secondary N) is 1. The Labute approximate surface area is 169 Å². The van der Waals surface area contributed by atoms with E-state index in [9.17, 15) is 13.2 Å². The Kier molecular flexibility index (Phi) is 4.76. The number of rotatable bonds is 4. The lowest BCUT2D eigenvalue weighted by molar-refractivity contribution is -0.136. The fraction of sp³-hybridized carbons (Fsp3) is 0.200. The Bertz CT molecular complexity index is 1120. The molecule has 30 heavy (non-hydrogen) atoms. The SMILES string of the molecule is COc1ccc(C)c(Nc2nc(N)nc(-c3ccc4c(c3)OCO4)c2C(F)(F)F)c1. The standard InChI is InChI=1S/C20H17F3N4O3/c1-10-3-5-12(28-2)8-13(10)25-18-16(20(21,22)23)17(26-19(24)27-18)11-4-6-14-15(7-11)30-9-29-14/h3-8H,9H2,1-2H3,(H3,24,25,26,27). The van der Waals surface area contributed by atoms with Crippen LogP contribution in [0.25, 0.3) is 11.3 Å². The van der Waals surface area contributed by atoms with Gasteiger partial charge >= 0.3 is 6.18 Å². The first kappa shape index (κ1) is 19.6. The molecule has 0 radical (unpaired) electrons. The third kappa shape index (κ3) is 3.63. The number of halogens is 3. The van der Waals surface area contributed by atoms with E-state index in [1.54, 1.807) is 25.1 Å². The zero-order chi connectivity index (χ0) is 21.5. The largest absolute Gasteiger partial charge is 0.497 e. The smallest absolute Gasteiger partial charge is 0.422 e. The van der Waals surface area contributed by atoms with E-state index in [2.05, 4.69) is 15.3 Å². The highest BCUT2D eigenvalue weighted by molar-refractivity contribution is 5.76. The summed E-state index contributed by atoms with van der Waals surface area (Å²) < 4.78 is 58.0. The van der Waals surface area contributed by atoms with Crippen molar-refractivity contribution in [2.45, 2.75) is 13.1 Å². The molecule has 1 aliphatic rings. The number of alkyl halides is 3. The number of hydrogen-bond donors (Lipinski definition) is 2. The lowest BCUT2D eigenvalue weighted by Gasteiger charge is -2.19. The number of aryl methyl sites for hydroxylation is 1. The summed E-state index contributed by atoms with van der Waals surface area (Å²) in [5.74, 6) is 0.489. The summed E-state index contributed by atoms with van der Waals surface area (Å²) in [6, 6.07) is 9.42. The predicted octanol–water partition coefficient (Wildman–Crippen LogP) is 4.53. The molecule has 0 spiro atoms. The van der Waals surface area contributed by atoms with Crippen LogP contribution in [0, 0.1) is 6.92 Å². The van der Waals surface area contributed by atoms with Gasteiger partial charge in [-0.15, -0.1) is 0 Å². The molecule has 0 atom stereocenters. The van der Waals surface area contributed by atoms with Gasteiger partial charge in [0, 0.05) is 17.3 Å². The van der Waals surface area contributed by atoms with E-state index in [4.69, 9.17) is 19.9 Å². The maximum Gasteiger partial charge on any atom is 0.422 e. The first-order valence-electron chi connectivity index (χ1n) is 8.82. The fourth-order valence-corrected chi connectivity index (χ4v) is 3.08. The number of nitrogens with two attached hydrogens (primary N) is 1. The van der Waals surface area contributed by atoms with Gasteiger partial charge in [0.2, 0.25) is 12.7 Å². The molecule has 0 unspecified atom stereocenters. The highest BCUT2D eigenvalue weighted by atomic mass is 19.4. The molecular weight excluding hydrogens is 401 g/mol. The summed E-state index contributed by atoms with van der Waals surface area (Å²) in [5, 5.41) is 2.74. The molecule has 0 aliphatic carbocycles. The van der Waals surface area contributed by atoms with Gasteiger partial charge in [-0.05, 0) is 36.8 Å². The molecule has 0 fully saturated rings. The number of nitrogens with zero attached hydrogens (tertiary/aromatic N) is 2. The third-order valence-corrected chi connectivity index (χ3v) is 4.55. The van der Waals surface area contributed by atoms with E-state index < -0.39 is 17.6 Å².